The number of aromatic nitrogens is 1. The van der Waals surface area contributed by atoms with Gasteiger partial charge in [-0.1, -0.05) is 30.0 Å². The number of piperidine rings is 1. The van der Waals surface area contributed by atoms with E-state index in [1.165, 1.54) is 32.5 Å². The number of nitrogens with two attached hydrogens (primary N) is 1. The summed E-state index contributed by atoms with van der Waals surface area (Å²) in [5.41, 5.74) is 7.89. The summed E-state index contributed by atoms with van der Waals surface area (Å²) >= 11 is 1.24. The Morgan fingerprint density at radius 3 is 2.60 bits per heavy atom. The van der Waals surface area contributed by atoms with Crippen molar-refractivity contribution in [1.82, 2.24) is 25.4 Å². The Hall–Kier alpha value is -3.77. The number of hydrogen-bond acceptors (Lipinski definition) is 8. The number of rotatable bonds is 8. The largest absolute Gasteiger partial charge is 0.450 e. The maximum absolute atomic E-state index is 13.3. The number of fused-ring (bicyclic) bond motifs is 1. The van der Waals surface area contributed by atoms with E-state index in [2.05, 4.69) is 27.1 Å². The lowest BCUT2D eigenvalue weighted by atomic mass is 9.96. The molecular weight excluding hydrogens is 556 g/mol. The Balaban J connectivity index is 1.51. The lowest BCUT2D eigenvalue weighted by Gasteiger charge is -2.41. The molecule has 42 heavy (non-hydrogen) atoms. The van der Waals surface area contributed by atoms with Crippen molar-refractivity contribution in [3.63, 3.8) is 0 Å². The summed E-state index contributed by atoms with van der Waals surface area (Å²) in [7, 11) is 1.99. The van der Waals surface area contributed by atoms with Gasteiger partial charge in [-0.25, -0.2) is 0 Å². The van der Waals surface area contributed by atoms with E-state index >= 15 is 0 Å². The topological polar surface area (TPSA) is 150 Å². The predicted octanol–water partition coefficient (Wildman–Crippen LogP) is 2.39. The highest BCUT2D eigenvalue weighted by Crippen LogP contribution is 2.30. The summed E-state index contributed by atoms with van der Waals surface area (Å²) in [6.45, 7) is 12.2. The van der Waals surface area contributed by atoms with E-state index in [1.54, 1.807) is 11.0 Å². The number of thioether (sulfide) groups is 1. The molecule has 0 unspecified atom stereocenters. The molecule has 5 N–H and O–H groups in total. The van der Waals surface area contributed by atoms with E-state index in [0.29, 0.717) is 31.6 Å². The predicted molar refractivity (Wildman–Crippen MR) is 163 cm³/mol. The second-order valence-electron chi connectivity index (χ2n) is 11.5. The number of likely N-dealkylation sites (tertiary alicyclic amines) is 1. The number of esters is 1. The number of nitrogens with one attached hydrogen (secondary N) is 3. The van der Waals surface area contributed by atoms with Crippen LogP contribution in [-0.2, 0) is 19.1 Å². The van der Waals surface area contributed by atoms with Crippen LogP contribution >= 0.6 is 11.8 Å². The lowest BCUT2D eigenvalue weighted by Crippen LogP contribution is -2.63. The summed E-state index contributed by atoms with van der Waals surface area (Å²) in [4.78, 5) is 59.6. The highest BCUT2D eigenvalue weighted by Gasteiger charge is 2.40. The molecule has 0 spiro atoms. The number of aromatic amines is 1. The Morgan fingerprint density at radius 1 is 1.14 bits per heavy atom. The van der Waals surface area contributed by atoms with Crippen molar-refractivity contribution in [2.24, 2.45) is 5.73 Å². The summed E-state index contributed by atoms with van der Waals surface area (Å²) in [6, 6.07) is 6.58. The van der Waals surface area contributed by atoms with Gasteiger partial charge in [0.2, 0.25) is 0 Å². The Morgan fingerprint density at radius 2 is 1.88 bits per heavy atom. The summed E-state index contributed by atoms with van der Waals surface area (Å²) < 4.78 is 5.27. The Bertz CT molecular complexity index is 1450. The second kappa shape index (κ2) is 12.6. The van der Waals surface area contributed by atoms with E-state index in [4.69, 9.17) is 10.5 Å². The van der Waals surface area contributed by atoms with Crippen LogP contribution in [0.3, 0.4) is 0 Å². The van der Waals surface area contributed by atoms with E-state index in [-0.39, 0.29) is 23.3 Å². The fraction of sp³-hybridized carbons (Fsp3) is 0.467. The van der Waals surface area contributed by atoms with Crippen molar-refractivity contribution in [2.75, 3.05) is 33.2 Å². The second-order valence-corrected chi connectivity index (χ2v) is 12.7. The first-order valence-corrected chi connectivity index (χ1v) is 14.8. The maximum atomic E-state index is 13.3. The molecule has 4 rings (SSSR count). The Kier molecular flexibility index (Phi) is 9.37. The number of nitrogens with zero attached hydrogens (tertiary/aromatic N) is 2. The van der Waals surface area contributed by atoms with Crippen LogP contribution in [0.25, 0.3) is 10.9 Å². The van der Waals surface area contributed by atoms with Crippen LogP contribution in [0.4, 0.5) is 0 Å². The van der Waals surface area contributed by atoms with Crippen LogP contribution < -0.4 is 16.4 Å². The van der Waals surface area contributed by atoms with Crippen molar-refractivity contribution in [1.29, 1.82) is 0 Å². The van der Waals surface area contributed by atoms with Gasteiger partial charge in [0, 0.05) is 61.0 Å². The van der Waals surface area contributed by atoms with Crippen molar-refractivity contribution in [2.45, 2.75) is 58.2 Å². The molecule has 2 aromatic rings. The third kappa shape index (κ3) is 7.35. The molecule has 12 heteroatoms. The van der Waals surface area contributed by atoms with Crippen LogP contribution in [0, 0.1) is 6.92 Å². The van der Waals surface area contributed by atoms with Crippen molar-refractivity contribution in [3.8, 4) is 0 Å². The molecule has 0 bridgehead atoms. The fourth-order valence-corrected chi connectivity index (χ4v) is 6.25. The number of benzene rings is 1. The van der Waals surface area contributed by atoms with E-state index in [9.17, 15) is 19.2 Å². The third-order valence-electron chi connectivity index (χ3n) is 7.50. The van der Waals surface area contributed by atoms with Crippen LogP contribution in [0.15, 0.2) is 46.4 Å². The molecule has 1 aromatic heterocycles. The normalized spacial score (nSPS) is 19.9. The number of carbonyl (C=O) groups excluding carboxylic acids is 4. The molecule has 2 aliphatic rings. The van der Waals surface area contributed by atoms with Crippen LogP contribution in [0.1, 0.15) is 49.7 Å². The number of H-pyrrole nitrogens is 1. The van der Waals surface area contributed by atoms with Crippen LogP contribution in [0.2, 0.25) is 0 Å². The zero-order valence-corrected chi connectivity index (χ0v) is 25.7. The smallest absolute Gasteiger partial charge is 0.303 e. The summed E-state index contributed by atoms with van der Waals surface area (Å²) in [5.74, 6) is -1.68. The molecule has 0 saturated carbocycles. The zero-order chi connectivity index (χ0) is 30.8. The minimum absolute atomic E-state index is 0.109. The number of carbonyl (C=O) groups is 4. The van der Waals surface area contributed by atoms with Gasteiger partial charge in [0.1, 0.15) is 5.69 Å². The number of hydrogen-bond donors (Lipinski definition) is 4. The quantitative estimate of drug-likeness (QED) is 0.268. The number of amides is 3. The minimum atomic E-state index is -1.38. The van der Waals surface area contributed by atoms with Crippen molar-refractivity contribution >= 4 is 46.4 Å². The zero-order valence-electron chi connectivity index (χ0n) is 24.8. The van der Waals surface area contributed by atoms with Crippen molar-refractivity contribution in [3.05, 3.63) is 57.6 Å². The van der Waals surface area contributed by atoms with Gasteiger partial charge in [-0.3, -0.25) is 19.2 Å². The molecule has 3 heterocycles. The number of likely N-dealkylation sites (N-methyl/N-ethyl adjacent to an activating group) is 1. The van der Waals surface area contributed by atoms with Crippen molar-refractivity contribution < 1.29 is 23.9 Å². The maximum Gasteiger partial charge on any atom is 0.303 e. The SMILES string of the molecule is C=C(SC1=C(N)CCN(C)C1)C(=O)N[C@@H]1CN(C(=O)C(C)(C)OC(C)=O)CC[C@@H]1NC(=O)c1cc2cc(C)ccc2[nH]1. The summed E-state index contributed by atoms with van der Waals surface area (Å²) in [6.07, 6.45) is 1.09. The van der Waals surface area contributed by atoms with E-state index < -0.39 is 29.6 Å². The molecular formula is C30H40N6O5S. The minimum Gasteiger partial charge on any atom is -0.450 e. The average Bonchev–Trinajstić information content (AvgIpc) is 3.34. The molecule has 0 radical (unpaired) electrons. The van der Waals surface area contributed by atoms with Gasteiger partial charge in [-0.15, -0.1) is 0 Å². The van der Waals surface area contributed by atoms with Crippen LogP contribution in [-0.4, -0.2) is 89.4 Å². The number of ether oxygens (including phenoxy) is 1. The highest BCUT2D eigenvalue weighted by atomic mass is 32.2. The molecule has 1 fully saturated rings. The average molecular weight is 597 g/mol. The molecule has 1 saturated heterocycles. The lowest BCUT2D eigenvalue weighted by molar-refractivity contribution is -0.169. The molecule has 0 aliphatic carbocycles. The highest BCUT2D eigenvalue weighted by molar-refractivity contribution is 8.07. The molecule has 226 valence electrons. The fourth-order valence-electron chi connectivity index (χ4n) is 5.28. The number of aryl methyl sites for hydroxylation is 1. The van der Waals surface area contributed by atoms with Gasteiger partial charge in [0.15, 0.2) is 5.60 Å². The molecule has 2 atom stereocenters. The monoisotopic (exact) mass is 596 g/mol. The van der Waals surface area contributed by atoms with Gasteiger partial charge < -0.3 is 35.9 Å². The van der Waals surface area contributed by atoms with E-state index in [0.717, 1.165) is 33.6 Å². The van der Waals surface area contributed by atoms with Gasteiger partial charge in [-0.05, 0) is 52.4 Å². The molecule has 1 aromatic carbocycles. The molecule has 2 aliphatic heterocycles. The van der Waals surface area contributed by atoms with Gasteiger partial charge in [0.25, 0.3) is 17.7 Å². The molecule has 11 nitrogen and oxygen atoms in total. The third-order valence-corrected chi connectivity index (χ3v) is 8.57. The van der Waals surface area contributed by atoms with E-state index in [1.807, 2.05) is 32.2 Å². The molecule has 3 amide bonds. The van der Waals surface area contributed by atoms with Crippen LogP contribution in [0.5, 0.6) is 0 Å². The first kappa shape index (κ1) is 31.2. The summed E-state index contributed by atoms with van der Waals surface area (Å²) in [5, 5.41) is 6.96. The van der Waals surface area contributed by atoms with Gasteiger partial charge in [0.05, 0.1) is 17.0 Å². The Labute approximate surface area is 250 Å². The van der Waals surface area contributed by atoms with Gasteiger partial charge in [-0.2, -0.15) is 0 Å². The standard InChI is InChI=1S/C30H40N6O5S/c1-17-7-8-22-20(13-17)14-24(32-22)28(39)33-23-10-12-36(29(40)30(4,5)41-19(3)37)15-25(23)34-27(38)18(2)42-26-16-35(6)11-9-21(26)31/h7-8,13-14,23,25,32H,2,9-12,15-16,31H2,1,3-6H3,(H,33,39)(H,34,38)/t23-,25+/m0/s1. The first-order chi connectivity index (χ1) is 19.7. The first-order valence-electron chi connectivity index (χ1n) is 14.0. The van der Waals surface area contributed by atoms with Gasteiger partial charge >= 0.3 is 5.97 Å².